The maximum atomic E-state index is 11.0. The van der Waals surface area contributed by atoms with E-state index >= 15 is 0 Å². The summed E-state index contributed by atoms with van der Waals surface area (Å²) in [5.41, 5.74) is 6.45. The summed E-state index contributed by atoms with van der Waals surface area (Å²) in [6.45, 7) is 0. The molecule has 4 aromatic carbocycles. The highest BCUT2D eigenvalue weighted by molar-refractivity contribution is 5.53. The van der Waals surface area contributed by atoms with Crippen molar-refractivity contribution in [1.82, 2.24) is 0 Å². The van der Waals surface area contributed by atoms with Crippen LogP contribution in [0.2, 0.25) is 0 Å². The summed E-state index contributed by atoms with van der Waals surface area (Å²) in [6, 6.07) is 36.9. The fraction of sp³-hybridized carbons (Fsp3) is 0.167. The van der Waals surface area contributed by atoms with E-state index in [1.807, 2.05) is 60.7 Å². The molecule has 0 aliphatic rings. The lowest BCUT2D eigenvalue weighted by Crippen LogP contribution is -2.08. The van der Waals surface area contributed by atoms with Crippen molar-refractivity contribution < 1.29 is 14.3 Å². The Morgan fingerprint density at radius 1 is 0.538 bits per heavy atom. The number of carbonyl (C=O) groups is 2. The molecule has 4 rings (SSSR count). The topological polar surface area (TPSA) is 43.4 Å². The van der Waals surface area contributed by atoms with Crippen LogP contribution in [-0.2, 0) is 27.2 Å². The van der Waals surface area contributed by atoms with Crippen LogP contribution in [-0.4, -0.2) is 12.6 Å². The average Bonchev–Trinajstić information content (AvgIpc) is 3.00. The second kappa shape index (κ2) is 15.2. The van der Waals surface area contributed by atoms with Gasteiger partial charge in [-0.1, -0.05) is 133 Å². The number of hydrogen-bond acceptors (Lipinski definition) is 3. The SMILES string of the molecule is O=CCCc1cccc(C(C=Cc2ccccc2)OC(C=Cc2ccccc2)c2cccc(CCC=O)c2)c1. The van der Waals surface area contributed by atoms with E-state index in [0.717, 1.165) is 46.0 Å². The van der Waals surface area contributed by atoms with E-state index in [2.05, 4.69) is 72.8 Å². The van der Waals surface area contributed by atoms with Gasteiger partial charge in [-0.25, -0.2) is 0 Å². The minimum Gasteiger partial charge on any atom is -0.357 e. The van der Waals surface area contributed by atoms with Crippen molar-refractivity contribution in [1.29, 1.82) is 0 Å². The van der Waals surface area contributed by atoms with Crippen LogP contribution in [0.1, 0.15) is 58.4 Å². The van der Waals surface area contributed by atoms with Crippen molar-refractivity contribution in [2.75, 3.05) is 0 Å². The van der Waals surface area contributed by atoms with Crippen LogP contribution in [0.5, 0.6) is 0 Å². The van der Waals surface area contributed by atoms with Crippen molar-refractivity contribution in [3.63, 3.8) is 0 Å². The monoisotopic (exact) mass is 514 g/mol. The Bertz CT molecular complexity index is 1270. The van der Waals surface area contributed by atoms with Crippen molar-refractivity contribution in [2.24, 2.45) is 0 Å². The molecule has 0 bridgehead atoms. The highest BCUT2D eigenvalue weighted by atomic mass is 16.5. The molecule has 0 aromatic heterocycles. The highest BCUT2D eigenvalue weighted by Gasteiger charge is 2.17. The second-order valence-corrected chi connectivity index (χ2v) is 9.42. The first-order valence-electron chi connectivity index (χ1n) is 13.4. The molecule has 4 aromatic rings. The van der Waals surface area contributed by atoms with Gasteiger partial charge in [0, 0.05) is 12.8 Å². The third-order valence-corrected chi connectivity index (χ3v) is 6.48. The molecule has 0 N–H and O–H groups in total. The van der Waals surface area contributed by atoms with E-state index in [9.17, 15) is 9.59 Å². The van der Waals surface area contributed by atoms with Crippen molar-refractivity contribution >= 4 is 24.7 Å². The third-order valence-electron chi connectivity index (χ3n) is 6.48. The first-order chi connectivity index (χ1) is 19.2. The first-order valence-corrected chi connectivity index (χ1v) is 13.4. The molecular weight excluding hydrogens is 480 g/mol. The molecule has 0 amide bonds. The number of carbonyl (C=O) groups excluding carboxylic acids is 2. The molecular formula is C36H34O3. The quantitative estimate of drug-likeness (QED) is 0.159. The molecule has 2 unspecified atom stereocenters. The molecule has 0 aliphatic carbocycles. The molecule has 0 heterocycles. The predicted molar refractivity (Wildman–Crippen MR) is 159 cm³/mol. The molecule has 0 radical (unpaired) electrons. The van der Waals surface area contributed by atoms with Crippen LogP contribution < -0.4 is 0 Å². The summed E-state index contributed by atoms with van der Waals surface area (Å²) < 4.78 is 6.87. The molecule has 0 fully saturated rings. The van der Waals surface area contributed by atoms with Gasteiger partial charge in [0.15, 0.2) is 0 Å². The summed E-state index contributed by atoms with van der Waals surface area (Å²) in [7, 11) is 0. The van der Waals surface area contributed by atoms with Crippen LogP contribution in [0.15, 0.2) is 121 Å². The van der Waals surface area contributed by atoms with Crippen molar-refractivity contribution in [2.45, 2.75) is 37.9 Å². The summed E-state index contributed by atoms with van der Waals surface area (Å²) in [5.74, 6) is 0. The number of aldehydes is 2. The van der Waals surface area contributed by atoms with E-state index in [1.165, 1.54) is 0 Å². The molecule has 2 atom stereocenters. The van der Waals surface area contributed by atoms with Gasteiger partial charge in [0.1, 0.15) is 24.8 Å². The van der Waals surface area contributed by atoms with Gasteiger partial charge in [-0.15, -0.1) is 0 Å². The maximum absolute atomic E-state index is 11.0. The van der Waals surface area contributed by atoms with Gasteiger partial charge in [0.05, 0.1) is 0 Å². The predicted octanol–water partition coefficient (Wildman–Crippen LogP) is 8.18. The zero-order chi connectivity index (χ0) is 27.1. The molecule has 196 valence electrons. The van der Waals surface area contributed by atoms with Gasteiger partial charge >= 0.3 is 0 Å². The Morgan fingerprint density at radius 2 is 0.974 bits per heavy atom. The smallest absolute Gasteiger partial charge is 0.120 e. The second-order valence-electron chi connectivity index (χ2n) is 9.42. The van der Waals surface area contributed by atoms with Crippen LogP contribution in [0.25, 0.3) is 12.2 Å². The molecule has 0 spiro atoms. The van der Waals surface area contributed by atoms with E-state index in [4.69, 9.17) is 4.74 Å². The number of rotatable bonds is 14. The minimum atomic E-state index is -0.328. The van der Waals surface area contributed by atoms with E-state index in [0.29, 0.717) is 25.7 Å². The van der Waals surface area contributed by atoms with E-state index in [1.54, 1.807) is 0 Å². The van der Waals surface area contributed by atoms with Crippen LogP contribution in [0.3, 0.4) is 0 Å². The summed E-state index contributed by atoms with van der Waals surface area (Å²) in [4.78, 5) is 22.0. The van der Waals surface area contributed by atoms with Crippen molar-refractivity contribution in [3.05, 3.63) is 155 Å². The molecule has 39 heavy (non-hydrogen) atoms. The Balaban J connectivity index is 1.71. The Hall–Kier alpha value is -4.34. The van der Waals surface area contributed by atoms with Crippen LogP contribution >= 0.6 is 0 Å². The summed E-state index contributed by atoms with van der Waals surface area (Å²) in [5, 5.41) is 0. The van der Waals surface area contributed by atoms with Crippen molar-refractivity contribution in [3.8, 4) is 0 Å². The molecule has 3 heteroatoms. The van der Waals surface area contributed by atoms with Crippen LogP contribution in [0, 0.1) is 0 Å². The van der Waals surface area contributed by atoms with E-state index in [-0.39, 0.29) is 12.2 Å². The fourth-order valence-corrected chi connectivity index (χ4v) is 4.46. The zero-order valence-electron chi connectivity index (χ0n) is 22.1. The number of aryl methyl sites for hydroxylation is 2. The summed E-state index contributed by atoms with van der Waals surface area (Å²) >= 11 is 0. The fourth-order valence-electron chi connectivity index (χ4n) is 4.46. The maximum Gasteiger partial charge on any atom is 0.120 e. The standard InChI is InChI=1S/C36H34O3/c37-25-9-17-31-15-7-19-33(27-31)35(23-21-29-11-3-1-4-12-29)39-36(24-22-30-13-5-2-6-14-30)34-20-8-16-32(28-34)18-10-26-38/h1-8,11-16,19-28,35-36H,9-10,17-18H2. The first kappa shape index (κ1) is 27.7. The van der Waals surface area contributed by atoms with Gasteiger partial charge in [-0.05, 0) is 46.2 Å². The molecule has 0 saturated carbocycles. The average molecular weight is 515 g/mol. The lowest BCUT2D eigenvalue weighted by atomic mass is 10.00. The lowest BCUT2D eigenvalue weighted by Gasteiger charge is -2.23. The zero-order valence-corrected chi connectivity index (χ0v) is 22.1. The van der Waals surface area contributed by atoms with Gasteiger partial charge in [-0.2, -0.15) is 0 Å². The highest BCUT2D eigenvalue weighted by Crippen LogP contribution is 2.31. The Kier molecular flexibility index (Phi) is 10.8. The van der Waals surface area contributed by atoms with Gasteiger partial charge in [-0.3, -0.25) is 0 Å². The number of hydrogen-bond donors (Lipinski definition) is 0. The molecule has 0 saturated heterocycles. The minimum absolute atomic E-state index is 0.328. The van der Waals surface area contributed by atoms with Gasteiger partial charge in [0.2, 0.25) is 0 Å². The molecule has 3 nitrogen and oxygen atoms in total. The van der Waals surface area contributed by atoms with Gasteiger partial charge < -0.3 is 14.3 Å². The number of benzene rings is 4. The molecule has 0 aliphatic heterocycles. The number of ether oxygens (including phenoxy) is 1. The normalized spacial score (nSPS) is 12.9. The largest absolute Gasteiger partial charge is 0.357 e. The van der Waals surface area contributed by atoms with E-state index < -0.39 is 0 Å². The van der Waals surface area contributed by atoms with Crippen LogP contribution in [0.4, 0.5) is 0 Å². The third kappa shape index (κ3) is 8.87. The summed E-state index contributed by atoms with van der Waals surface area (Å²) in [6.07, 6.45) is 12.0. The lowest BCUT2D eigenvalue weighted by molar-refractivity contribution is -0.108. The Morgan fingerprint density at radius 3 is 1.38 bits per heavy atom. The van der Waals surface area contributed by atoms with Gasteiger partial charge in [0.25, 0.3) is 0 Å². The Labute approximate surface area is 231 Å².